The molecule has 2 unspecified atom stereocenters. The Labute approximate surface area is 194 Å². The number of thiazole rings is 1. The Morgan fingerprint density at radius 2 is 1.81 bits per heavy atom. The number of carbonyl (C=O) groups is 1. The van der Waals surface area contributed by atoms with Crippen LogP contribution in [0.5, 0.6) is 11.5 Å². The summed E-state index contributed by atoms with van der Waals surface area (Å²) >= 11 is 1.42. The van der Waals surface area contributed by atoms with E-state index in [-0.39, 0.29) is 11.8 Å². The minimum absolute atomic E-state index is 0.0424. The normalized spacial score (nSPS) is 16.1. The second-order valence-electron chi connectivity index (χ2n) is 7.91. The number of aromatic nitrogens is 1. The van der Waals surface area contributed by atoms with Crippen molar-refractivity contribution in [3.05, 3.63) is 42.0 Å². The zero-order valence-corrected chi connectivity index (χ0v) is 20.2. The standard InChI is InChI=1S/C24H28N2O4S2/c1-4-32(28)17-11-9-16(10-12-17)22(15-7-5-6-8-15)23(27)26-24-25-18-13-19(29-2)20(30-3)14-21(18)31-24/h9-15,22H,4-8H2,1-3H3,(H,25,26,27). The monoisotopic (exact) mass is 472 g/mol. The SMILES string of the molecule is CCS(=O)c1ccc(C(C(=O)Nc2nc3cc(OC)c(OC)cc3s2)C2CCCC2)cc1. The van der Waals surface area contributed by atoms with Crippen molar-refractivity contribution < 1.29 is 18.5 Å². The molecule has 0 bridgehead atoms. The van der Waals surface area contributed by atoms with Gasteiger partial charge in [0.15, 0.2) is 16.6 Å². The third-order valence-electron chi connectivity index (χ3n) is 6.04. The number of rotatable bonds is 8. The van der Waals surface area contributed by atoms with Crippen molar-refractivity contribution in [2.45, 2.75) is 43.4 Å². The number of hydrogen-bond donors (Lipinski definition) is 1. The fraction of sp³-hybridized carbons (Fsp3) is 0.417. The summed E-state index contributed by atoms with van der Waals surface area (Å²) in [5, 5.41) is 3.62. The summed E-state index contributed by atoms with van der Waals surface area (Å²) in [6.45, 7) is 1.90. The van der Waals surface area contributed by atoms with Crippen molar-refractivity contribution in [3.63, 3.8) is 0 Å². The first-order chi connectivity index (χ1) is 15.5. The van der Waals surface area contributed by atoms with Gasteiger partial charge in [-0.2, -0.15) is 0 Å². The van der Waals surface area contributed by atoms with Crippen LogP contribution in [-0.4, -0.2) is 35.1 Å². The molecule has 0 spiro atoms. The van der Waals surface area contributed by atoms with E-state index in [1.165, 1.54) is 11.3 Å². The molecule has 1 saturated carbocycles. The lowest BCUT2D eigenvalue weighted by Crippen LogP contribution is -2.26. The Morgan fingerprint density at radius 1 is 1.16 bits per heavy atom. The molecule has 8 heteroatoms. The summed E-state index contributed by atoms with van der Waals surface area (Å²) in [6, 6.07) is 11.4. The molecule has 1 aliphatic carbocycles. The molecular formula is C24H28N2O4S2. The van der Waals surface area contributed by atoms with E-state index in [0.29, 0.717) is 28.3 Å². The maximum atomic E-state index is 13.4. The fourth-order valence-electron chi connectivity index (χ4n) is 4.41. The van der Waals surface area contributed by atoms with E-state index in [1.807, 2.05) is 43.3 Å². The summed E-state index contributed by atoms with van der Waals surface area (Å²) in [6.07, 6.45) is 4.37. The Kier molecular flexibility index (Phi) is 7.10. The number of hydrogen-bond acceptors (Lipinski definition) is 6. The second-order valence-corrected chi connectivity index (χ2v) is 10.7. The number of amides is 1. The first kappa shape index (κ1) is 22.7. The first-order valence-corrected chi connectivity index (χ1v) is 13.0. The average Bonchev–Trinajstić information content (AvgIpc) is 3.47. The summed E-state index contributed by atoms with van der Waals surface area (Å²) in [5.74, 6) is 1.83. The maximum absolute atomic E-state index is 13.4. The molecule has 3 aromatic rings. The predicted molar refractivity (Wildman–Crippen MR) is 129 cm³/mol. The van der Waals surface area contributed by atoms with E-state index in [0.717, 1.165) is 46.4 Å². The molecular weight excluding hydrogens is 444 g/mol. The fourth-order valence-corrected chi connectivity index (χ4v) is 6.07. The third kappa shape index (κ3) is 4.66. The quantitative estimate of drug-likeness (QED) is 0.478. The molecule has 2 atom stereocenters. The van der Waals surface area contributed by atoms with Crippen LogP contribution in [0.3, 0.4) is 0 Å². The number of methoxy groups -OCH3 is 2. The molecule has 4 rings (SSSR count). The van der Waals surface area contributed by atoms with Crippen LogP contribution in [0.2, 0.25) is 0 Å². The summed E-state index contributed by atoms with van der Waals surface area (Å²) < 4.78 is 23.8. The Balaban J connectivity index is 1.61. The molecule has 1 amide bonds. The number of carbonyl (C=O) groups excluding carboxylic acids is 1. The lowest BCUT2D eigenvalue weighted by molar-refractivity contribution is -0.118. The first-order valence-electron chi connectivity index (χ1n) is 10.9. The van der Waals surface area contributed by atoms with E-state index in [2.05, 4.69) is 10.3 Å². The zero-order valence-electron chi connectivity index (χ0n) is 18.6. The molecule has 0 saturated heterocycles. The highest BCUT2D eigenvalue weighted by atomic mass is 32.2. The van der Waals surface area contributed by atoms with Gasteiger partial charge >= 0.3 is 0 Å². The summed E-state index contributed by atoms with van der Waals surface area (Å²) in [5.41, 5.74) is 1.72. The van der Waals surface area contributed by atoms with Crippen LogP contribution in [0.1, 0.15) is 44.1 Å². The average molecular weight is 473 g/mol. The molecule has 0 radical (unpaired) electrons. The van der Waals surface area contributed by atoms with Crippen LogP contribution in [0.4, 0.5) is 5.13 Å². The Morgan fingerprint density at radius 3 is 2.44 bits per heavy atom. The van der Waals surface area contributed by atoms with Crippen LogP contribution < -0.4 is 14.8 Å². The van der Waals surface area contributed by atoms with Crippen LogP contribution >= 0.6 is 11.3 Å². The smallest absolute Gasteiger partial charge is 0.233 e. The van der Waals surface area contributed by atoms with Crippen molar-refractivity contribution in [1.82, 2.24) is 4.98 Å². The van der Waals surface area contributed by atoms with Crippen molar-refractivity contribution >= 4 is 43.4 Å². The van der Waals surface area contributed by atoms with Crippen LogP contribution in [-0.2, 0) is 15.6 Å². The summed E-state index contributed by atoms with van der Waals surface area (Å²) in [7, 11) is 2.19. The van der Waals surface area contributed by atoms with Gasteiger partial charge in [-0.25, -0.2) is 4.98 Å². The molecule has 1 N–H and O–H groups in total. The van der Waals surface area contributed by atoms with E-state index in [9.17, 15) is 9.00 Å². The Hall–Kier alpha value is -2.45. The molecule has 6 nitrogen and oxygen atoms in total. The minimum atomic E-state index is -1.00. The molecule has 1 aromatic heterocycles. The number of ether oxygens (including phenoxy) is 2. The van der Waals surface area contributed by atoms with Crippen molar-refractivity contribution in [2.75, 3.05) is 25.3 Å². The molecule has 1 aliphatic rings. The van der Waals surface area contributed by atoms with Crippen LogP contribution in [0.15, 0.2) is 41.3 Å². The number of benzene rings is 2. The van der Waals surface area contributed by atoms with Crippen LogP contribution in [0.25, 0.3) is 10.2 Å². The van der Waals surface area contributed by atoms with Gasteiger partial charge in [0.1, 0.15) is 0 Å². The highest BCUT2D eigenvalue weighted by molar-refractivity contribution is 7.85. The largest absolute Gasteiger partial charge is 0.493 e. The Bertz CT molecular complexity index is 1080. The molecule has 32 heavy (non-hydrogen) atoms. The van der Waals surface area contributed by atoms with E-state index in [4.69, 9.17) is 9.47 Å². The predicted octanol–water partition coefficient (Wildman–Crippen LogP) is 5.35. The van der Waals surface area contributed by atoms with E-state index >= 15 is 0 Å². The number of nitrogens with one attached hydrogen (secondary N) is 1. The van der Waals surface area contributed by atoms with Gasteiger partial charge in [0.25, 0.3) is 0 Å². The maximum Gasteiger partial charge on any atom is 0.233 e. The lowest BCUT2D eigenvalue weighted by Gasteiger charge is -2.23. The molecule has 0 aliphatic heterocycles. The number of fused-ring (bicyclic) bond motifs is 1. The van der Waals surface area contributed by atoms with Crippen LogP contribution in [0, 0.1) is 5.92 Å². The van der Waals surface area contributed by atoms with Gasteiger partial charge < -0.3 is 14.8 Å². The van der Waals surface area contributed by atoms with Gasteiger partial charge in [-0.05, 0) is 36.5 Å². The zero-order chi connectivity index (χ0) is 22.7. The number of anilines is 1. The van der Waals surface area contributed by atoms with Gasteiger partial charge in [-0.15, -0.1) is 0 Å². The third-order valence-corrected chi connectivity index (χ3v) is 8.30. The van der Waals surface area contributed by atoms with Gasteiger partial charge in [0.05, 0.1) is 41.2 Å². The van der Waals surface area contributed by atoms with Gasteiger partial charge in [0.2, 0.25) is 5.91 Å². The highest BCUT2D eigenvalue weighted by Gasteiger charge is 2.32. The molecule has 170 valence electrons. The summed E-state index contributed by atoms with van der Waals surface area (Å²) in [4.78, 5) is 18.8. The van der Waals surface area contributed by atoms with Gasteiger partial charge in [-0.3, -0.25) is 9.00 Å². The minimum Gasteiger partial charge on any atom is -0.493 e. The highest BCUT2D eigenvalue weighted by Crippen LogP contribution is 2.40. The van der Waals surface area contributed by atoms with Crippen molar-refractivity contribution in [3.8, 4) is 11.5 Å². The molecule has 1 heterocycles. The topological polar surface area (TPSA) is 77.5 Å². The van der Waals surface area contributed by atoms with Crippen molar-refractivity contribution in [2.24, 2.45) is 5.92 Å². The lowest BCUT2D eigenvalue weighted by atomic mass is 9.84. The van der Waals surface area contributed by atoms with Gasteiger partial charge in [-0.1, -0.05) is 43.2 Å². The second kappa shape index (κ2) is 10.0. The van der Waals surface area contributed by atoms with E-state index in [1.54, 1.807) is 14.2 Å². The number of nitrogens with zero attached hydrogens (tertiary/aromatic N) is 1. The van der Waals surface area contributed by atoms with Gasteiger partial charge in [0, 0.05) is 22.8 Å². The molecule has 1 fully saturated rings. The van der Waals surface area contributed by atoms with Crippen molar-refractivity contribution in [1.29, 1.82) is 0 Å². The van der Waals surface area contributed by atoms with E-state index < -0.39 is 10.8 Å². The molecule has 2 aromatic carbocycles.